The van der Waals surface area contributed by atoms with Crippen LogP contribution in [0.2, 0.25) is 0 Å². The SMILES string of the molecule is Cc1cccc(CNC(=O)C(=O)N2CCN(C/C=C/c3ccccc3)CC2)c1. The maximum absolute atomic E-state index is 12.4. The second-order valence-electron chi connectivity index (χ2n) is 7.08. The van der Waals surface area contributed by atoms with Crippen LogP contribution in [0.25, 0.3) is 6.08 Å². The van der Waals surface area contributed by atoms with E-state index in [9.17, 15) is 9.59 Å². The largest absolute Gasteiger partial charge is 0.344 e. The molecule has 0 saturated carbocycles. The van der Waals surface area contributed by atoms with Gasteiger partial charge < -0.3 is 10.2 Å². The summed E-state index contributed by atoms with van der Waals surface area (Å²) in [6.07, 6.45) is 4.25. The number of carbonyl (C=O) groups excluding carboxylic acids is 2. The van der Waals surface area contributed by atoms with Gasteiger partial charge in [0.15, 0.2) is 0 Å². The molecule has 2 aromatic rings. The Morgan fingerprint density at radius 2 is 1.75 bits per heavy atom. The molecule has 2 amide bonds. The predicted octanol–water partition coefficient (Wildman–Crippen LogP) is 2.47. The lowest BCUT2D eigenvalue weighted by Crippen LogP contribution is -2.52. The van der Waals surface area contributed by atoms with E-state index in [1.54, 1.807) is 4.90 Å². The van der Waals surface area contributed by atoms with Crippen molar-refractivity contribution in [3.8, 4) is 0 Å². The number of nitrogens with zero attached hydrogens (tertiary/aromatic N) is 2. The average Bonchev–Trinajstić information content (AvgIpc) is 2.73. The molecule has 1 heterocycles. The Labute approximate surface area is 166 Å². The zero-order valence-corrected chi connectivity index (χ0v) is 16.3. The second kappa shape index (κ2) is 9.85. The number of rotatable bonds is 5. The van der Waals surface area contributed by atoms with Crippen molar-refractivity contribution < 1.29 is 9.59 Å². The number of amides is 2. The van der Waals surface area contributed by atoms with Crippen LogP contribution in [0, 0.1) is 6.92 Å². The zero-order valence-electron chi connectivity index (χ0n) is 16.3. The summed E-state index contributed by atoms with van der Waals surface area (Å²) < 4.78 is 0. The number of aryl methyl sites for hydroxylation is 1. The van der Waals surface area contributed by atoms with Gasteiger partial charge in [0.1, 0.15) is 0 Å². The fourth-order valence-electron chi connectivity index (χ4n) is 3.26. The summed E-state index contributed by atoms with van der Waals surface area (Å²) in [6.45, 7) is 5.93. The van der Waals surface area contributed by atoms with Gasteiger partial charge in [0.25, 0.3) is 0 Å². The van der Waals surface area contributed by atoms with E-state index in [0.717, 1.165) is 30.8 Å². The van der Waals surface area contributed by atoms with Crippen molar-refractivity contribution in [2.75, 3.05) is 32.7 Å². The van der Waals surface area contributed by atoms with Gasteiger partial charge in [0.05, 0.1) is 0 Å². The third-order valence-electron chi connectivity index (χ3n) is 4.86. The van der Waals surface area contributed by atoms with Gasteiger partial charge in [-0.1, -0.05) is 72.3 Å². The van der Waals surface area contributed by atoms with Crippen LogP contribution in [0.3, 0.4) is 0 Å². The van der Waals surface area contributed by atoms with E-state index in [-0.39, 0.29) is 0 Å². The number of nitrogens with one attached hydrogen (secondary N) is 1. The summed E-state index contributed by atoms with van der Waals surface area (Å²) in [5.41, 5.74) is 3.31. The molecule has 0 bridgehead atoms. The lowest BCUT2D eigenvalue weighted by atomic mass is 10.1. The van der Waals surface area contributed by atoms with Crippen LogP contribution in [0.4, 0.5) is 0 Å². The van der Waals surface area contributed by atoms with Crippen LogP contribution in [-0.4, -0.2) is 54.3 Å². The molecule has 1 saturated heterocycles. The minimum absolute atomic E-state index is 0.372. The molecule has 1 aliphatic heterocycles. The maximum atomic E-state index is 12.4. The Balaban J connectivity index is 1.40. The Hall–Kier alpha value is -2.92. The maximum Gasteiger partial charge on any atom is 0.311 e. The van der Waals surface area contributed by atoms with Crippen molar-refractivity contribution in [1.29, 1.82) is 0 Å². The lowest BCUT2D eigenvalue weighted by Gasteiger charge is -2.33. The van der Waals surface area contributed by atoms with Crippen molar-refractivity contribution >= 4 is 17.9 Å². The first-order valence-corrected chi connectivity index (χ1v) is 9.68. The molecule has 0 spiro atoms. The smallest absolute Gasteiger partial charge is 0.311 e. The van der Waals surface area contributed by atoms with E-state index in [2.05, 4.69) is 34.5 Å². The normalized spacial score (nSPS) is 15.0. The number of hydrogen-bond donors (Lipinski definition) is 1. The number of benzene rings is 2. The molecular weight excluding hydrogens is 350 g/mol. The Morgan fingerprint density at radius 1 is 1.00 bits per heavy atom. The van der Waals surface area contributed by atoms with E-state index in [0.29, 0.717) is 19.6 Å². The fraction of sp³-hybridized carbons (Fsp3) is 0.304. The third kappa shape index (κ3) is 5.79. The van der Waals surface area contributed by atoms with Crippen LogP contribution < -0.4 is 5.32 Å². The summed E-state index contributed by atoms with van der Waals surface area (Å²) in [5.74, 6) is -0.967. The van der Waals surface area contributed by atoms with Crippen LogP contribution in [0.15, 0.2) is 60.7 Å². The van der Waals surface area contributed by atoms with Gasteiger partial charge in [0.2, 0.25) is 0 Å². The molecule has 2 aromatic carbocycles. The Kier molecular flexibility index (Phi) is 6.98. The molecule has 0 aliphatic carbocycles. The number of piperazine rings is 1. The van der Waals surface area contributed by atoms with E-state index in [1.165, 1.54) is 5.56 Å². The molecule has 146 valence electrons. The van der Waals surface area contributed by atoms with Gasteiger partial charge in [-0.3, -0.25) is 14.5 Å². The van der Waals surface area contributed by atoms with E-state index < -0.39 is 11.8 Å². The Morgan fingerprint density at radius 3 is 2.46 bits per heavy atom. The monoisotopic (exact) mass is 377 g/mol. The van der Waals surface area contributed by atoms with Crippen molar-refractivity contribution in [2.45, 2.75) is 13.5 Å². The van der Waals surface area contributed by atoms with Crippen molar-refractivity contribution in [3.05, 3.63) is 77.4 Å². The summed E-state index contributed by atoms with van der Waals surface area (Å²) in [4.78, 5) is 28.5. The molecule has 5 heteroatoms. The first kappa shape index (κ1) is 19.8. The standard InChI is InChI=1S/C23H27N3O2/c1-19-7-5-10-21(17-19)18-24-22(27)23(28)26-15-13-25(14-16-26)12-6-11-20-8-3-2-4-9-20/h2-11,17H,12-16,18H2,1H3,(H,24,27)/b11-6+. The fourth-order valence-corrected chi connectivity index (χ4v) is 3.26. The topological polar surface area (TPSA) is 52.7 Å². The molecule has 1 fully saturated rings. The van der Waals surface area contributed by atoms with Gasteiger partial charge >= 0.3 is 11.8 Å². The van der Waals surface area contributed by atoms with Crippen molar-refractivity contribution in [1.82, 2.24) is 15.1 Å². The summed E-state index contributed by atoms with van der Waals surface area (Å²) in [6, 6.07) is 18.1. The first-order chi connectivity index (χ1) is 13.6. The van der Waals surface area contributed by atoms with E-state index >= 15 is 0 Å². The van der Waals surface area contributed by atoms with Crippen LogP contribution in [-0.2, 0) is 16.1 Å². The molecule has 28 heavy (non-hydrogen) atoms. The van der Waals surface area contributed by atoms with Gasteiger partial charge in [-0.2, -0.15) is 0 Å². The predicted molar refractivity (Wildman–Crippen MR) is 112 cm³/mol. The first-order valence-electron chi connectivity index (χ1n) is 9.68. The summed E-state index contributed by atoms with van der Waals surface area (Å²) >= 11 is 0. The Bertz CT molecular complexity index is 825. The molecular formula is C23H27N3O2. The van der Waals surface area contributed by atoms with Crippen molar-refractivity contribution in [3.63, 3.8) is 0 Å². The molecule has 3 rings (SSSR count). The van der Waals surface area contributed by atoms with Gasteiger partial charge in [-0.05, 0) is 18.1 Å². The molecule has 0 atom stereocenters. The molecule has 1 aliphatic rings. The average molecular weight is 377 g/mol. The van der Waals surface area contributed by atoms with Gasteiger partial charge in [-0.25, -0.2) is 0 Å². The molecule has 0 radical (unpaired) electrons. The van der Waals surface area contributed by atoms with E-state index in [4.69, 9.17) is 0 Å². The van der Waals surface area contributed by atoms with Crippen LogP contribution in [0.1, 0.15) is 16.7 Å². The summed E-state index contributed by atoms with van der Waals surface area (Å²) in [5, 5.41) is 2.73. The van der Waals surface area contributed by atoms with Crippen molar-refractivity contribution in [2.24, 2.45) is 0 Å². The molecule has 5 nitrogen and oxygen atoms in total. The van der Waals surface area contributed by atoms with Gasteiger partial charge in [-0.15, -0.1) is 0 Å². The molecule has 1 N–H and O–H groups in total. The second-order valence-corrected chi connectivity index (χ2v) is 7.08. The van der Waals surface area contributed by atoms with Gasteiger partial charge in [0, 0.05) is 39.3 Å². The lowest BCUT2D eigenvalue weighted by molar-refractivity contribution is -0.147. The quantitative estimate of drug-likeness (QED) is 0.815. The highest BCUT2D eigenvalue weighted by Crippen LogP contribution is 2.06. The molecule has 0 unspecified atom stereocenters. The zero-order chi connectivity index (χ0) is 19.8. The highest BCUT2D eigenvalue weighted by molar-refractivity contribution is 6.35. The number of carbonyl (C=O) groups is 2. The number of hydrogen-bond acceptors (Lipinski definition) is 3. The third-order valence-corrected chi connectivity index (χ3v) is 4.86. The minimum atomic E-state index is -0.529. The highest BCUT2D eigenvalue weighted by atomic mass is 16.2. The van der Waals surface area contributed by atoms with Crippen LogP contribution >= 0.6 is 0 Å². The highest BCUT2D eigenvalue weighted by Gasteiger charge is 2.25. The summed E-state index contributed by atoms with van der Waals surface area (Å²) in [7, 11) is 0. The molecule has 0 aromatic heterocycles. The van der Waals surface area contributed by atoms with E-state index in [1.807, 2.05) is 49.4 Å². The minimum Gasteiger partial charge on any atom is -0.344 e. The van der Waals surface area contributed by atoms with Crippen LogP contribution in [0.5, 0.6) is 0 Å².